The molecule has 2 aromatic rings. The average molecular weight is 448 g/mol. The molecule has 0 bridgehead atoms. The van der Waals surface area contributed by atoms with E-state index in [1.807, 2.05) is 0 Å². The number of sulfonamides is 1. The molecule has 2 heterocycles. The lowest BCUT2D eigenvalue weighted by Gasteiger charge is -2.27. The van der Waals surface area contributed by atoms with E-state index in [1.54, 1.807) is 31.4 Å². The highest BCUT2D eigenvalue weighted by molar-refractivity contribution is 7.92. The Labute approximate surface area is 181 Å². The standard InChI is InChI=1S/C21H25N3O6S/c1-29-8-9-30-16-10-15-11-17(21(25)26)23-20(15)18(12-16)24(13-14-5-6-14)31(27,28)19-4-2-3-7-22-19/h2-4,7,10,12,14,17,23H,5-6,8-9,11,13H2,1H3,(H,25,26). The van der Waals surface area contributed by atoms with Crippen LogP contribution in [-0.2, 0) is 26.0 Å². The first-order chi connectivity index (χ1) is 14.9. The third kappa shape index (κ3) is 4.59. The van der Waals surface area contributed by atoms with Gasteiger partial charge in [0.25, 0.3) is 10.0 Å². The Morgan fingerprint density at radius 1 is 1.29 bits per heavy atom. The Hall–Kier alpha value is -2.85. The number of nitrogens with zero attached hydrogens (tertiary/aromatic N) is 2. The fourth-order valence-corrected chi connectivity index (χ4v) is 5.06. The third-order valence-electron chi connectivity index (χ3n) is 5.35. The van der Waals surface area contributed by atoms with E-state index in [1.165, 1.54) is 16.6 Å². The minimum absolute atomic E-state index is 0.0529. The van der Waals surface area contributed by atoms with Crippen molar-refractivity contribution in [3.63, 3.8) is 0 Å². The van der Waals surface area contributed by atoms with E-state index < -0.39 is 22.0 Å². The second kappa shape index (κ2) is 8.72. The number of pyridine rings is 1. The quantitative estimate of drug-likeness (QED) is 0.532. The van der Waals surface area contributed by atoms with Crippen LogP contribution < -0.4 is 14.4 Å². The van der Waals surface area contributed by atoms with Gasteiger partial charge in [-0.2, -0.15) is 8.42 Å². The van der Waals surface area contributed by atoms with Gasteiger partial charge in [-0.3, -0.25) is 4.31 Å². The first-order valence-corrected chi connectivity index (χ1v) is 11.6. The Balaban J connectivity index is 1.79. The van der Waals surface area contributed by atoms with Crippen LogP contribution in [0.4, 0.5) is 11.4 Å². The summed E-state index contributed by atoms with van der Waals surface area (Å²) in [4.78, 5) is 15.7. The molecule has 31 heavy (non-hydrogen) atoms. The summed E-state index contributed by atoms with van der Waals surface area (Å²) >= 11 is 0. The van der Waals surface area contributed by atoms with Crippen molar-refractivity contribution in [1.29, 1.82) is 0 Å². The van der Waals surface area contributed by atoms with Crippen LogP contribution in [0.2, 0.25) is 0 Å². The van der Waals surface area contributed by atoms with Crippen LogP contribution in [0.15, 0.2) is 41.6 Å². The smallest absolute Gasteiger partial charge is 0.326 e. The van der Waals surface area contributed by atoms with Gasteiger partial charge in [-0.25, -0.2) is 9.78 Å². The lowest BCUT2D eigenvalue weighted by Crippen LogP contribution is -2.34. The number of ether oxygens (including phenoxy) is 2. The SMILES string of the molecule is COCCOc1cc2c(c(N(CC3CC3)S(=O)(=O)c3ccccn3)c1)NC(C(=O)O)C2. The zero-order chi connectivity index (χ0) is 22.0. The molecule has 10 heteroatoms. The molecule has 1 aromatic carbocycles. The first-order valence-electron chi connectivity index (χ1n) is 10.1. The molecule has 0 radical (unpaired) electrons. The Kier molecular flexibility index (Phi) is 6.01. The molecule has 4 rings (SSSR count). The molecule has 0 amide bonds. The predicted octanol–water partition coefficient (Wildman–Crippen LogP) is 2.13. The van der Waals surface area contributed by atoms with E-state index in [-0.39, 0.29) is 17.4 Å². The summed E-state index contributed by atoms with van der Waals surface area (Å²) in [5.74, 6) is -0.273. The molecule has 1 unspecified atom stereocenters. The highest BCUT2D eigenvalue weighted by atomic mass is 32.2. The van der Waals surface area contributed by atoms with Crippen molar-refractivity contribution >= 4 is 27.4 Å². The maximum absolute atomic E-state index is 13.5. The van der Waals surface area contributed by atoms with Crippen LogP contribution in [0.3, 0.4) is 0 Å². The van der Waals surface area contributed by atoms with Gasteiger partial charge < -0.3 is 19.9 Å². The number of anilines is 2. The summed E-state index contributed by atoms with van der Waals surface area (Å²) in [6.07, 6.45) is 3.58. The van der Waals surface area contributed by atoms with Gasteiger partial charge >= 0.3 is 5.97 Å². The number of carbonyl (C=O) groups is 1. The Morgan fingerprint density at radius 3 is 2.74 bits per heavy atom. The van der Waals surface area contributed by atoms with Crippen molar-refractivity contribution in [2.75, 3.05) is 36.5 Å². The molecule has 2 aliphatic rings. The van der Waals surface area contributed by atoms with E-state index >= 15 is 0 Å². The second-order valence-electron chi connectivity index (χ2n) is 7.70. The van der Waals surface area contributed by atoms with Crippen LogP contribution in [0.1, 0.15) is 18.4 Å². The van der Waals surface area contributed by atoms with Crippen molar-refractivity contribution in [3.8, 4) is 5.75 Å². The van der Waals surface area contributed by atoms with E-state index in [9.17, 15) is 18.3 Å². The molecule has 0 saturated heterocycles. The molecular formula is C21H25N3O6S. The molecule has 1 atom stereocenters. The second-order valence-corrected chi connectivity index (χ2v) is 9.51. The highest BCUT2D eigenvalue weighted by Gasteiger charge is 2.37. The Morgan fingerprint density at radius 2 is 2.10 bits per heavy atom. The van der Waals surface area contributed by atoms with Gasteiger partial charge in [0, 0.05) is 32.3 Å². The van der Waals surface area contributed by atoms with Gasteiger partial charge in [0.15, 0.2) is 5.03 Å². The normalized spacial score (nSPS) is 17.6. The van der Waals surface area contributed by atoms with Crippen LogP contribution in [0, 0.1) is 5.92 Å². The molecule has 2 N–H and O–H groups in total. The van der Waals surface area contributed by atoms with Gasteiger partial charge in [0.2, 0.25) is 0 Å². The van der Waals surface area contributed by atoms with Crippen LogP contribution >= 0.6 is 0 Å². The fourth-order valence-electron chi connectivity index (χ4n) is 3.58. The zero-order valence-corrected chi connectivity index (χ0v) is 18.0. The van der Waals surface area contributed by atoms with Crippen LogP contribution in [-0.4, -0.2) is 57.4 Å². The van der Waals surface area contributed by atoms with Crippen molar-refractivity contribution in [2.24, 2.45) is 5.92 Å². The maximum atomic E-state index is 13.5. The number of nitrogens with one attached hydrogen (secondary N) is 1. The number of methoxy groups -OCH3 is 1. The lowest BCUT2D eigenvalue weighted by atomic mass is 10.1. The van der Waals surface area contributed by atoms with Crippen molar-refractivity contribution in [3.05, 3.63) is 42.1 Å². The van der Waals surface area contributed by atoms with E-state index in [0.29, 0.717) is 42.4 Å². The molecule has 0 spiro atoms. The highest BCUT2D eigenvalue weighted by Crippen LogP contribution is 2.43. The minimum atomic E-state index is -3.96. The number of hydrogen-bond donors (Lipinski definition) is 2. The lowest BCUT2D eigenvalue weighted by molar-refractivity contribution is -0.137. The van der Waals surface area contributed by atoms with Crippen LogP contribution in [0.5, 0.6) is 5.75 Å². The number of fused-ring (bicyclic) bond motifs is 1. The number of benzene rings is 1. The number of carboxylic acids is 1. The predicted molar refractivity (Wildman–Crippen MR) is 114 cm³/mol. The third-order valence-corrected chi connectivity index (χ3v) is 7.05. The summed E-state index contributed by atoms with van der Waals surface area (Å²) in [7, 11) is -2.39. The summed E-state index contributed by atoms with van der Waals surface area (Å²) < 4.78 is 39.2. The number of aliphatic carboxylic acids is 1. The van der Waals surface area contributed by atoms with Gasteiger partial charge in [-0.15, -0.1) is 0 Å². The molecule has 1 fully saturated rings. The molecule has 9 nitrogen and oxygen atoms in total. The van der Waals surface area contributed by atoms with Gasteiger partial charge in [-0.1, -0.05) is 6.07 Å². The maximum Gasteiger partial charge on any atom is 0.326 e. The largest absolute Gasteiger partial charge is 0.491 e. The van der Waals surface area contributed by atoms with Crippen LogP contribution in [0.25, 0.3) is 0 Å². The van der Waals surface area contributed by atoms with E-state index in [2.05, 4.69) is 10.3 Å². The van der Waals surface area contributed by atoms with E-state index in [0.717, 1.165) is 12.8 Å². The fraction of sp³-hybridized carbons (Fsp3) is 0.429. The molecule has 1 saturated carbocycles. The minimum Gasteiger partial charge on any atom is -0.491 e. The first kappa shape index (κ1) is 21.4. The summed E-state index contributed by atoms with van der Waals surface area (Å²) in [6, 6.07) is 7.32. The molecule has 1 aliphatic heterocycles. The number of hydrogen-bond acceptors (Lipinski definition) is 7. The van der Waals surface area contributed by atoms with Gasteiger partial charge in [0.05, 0.1) is 18.0 Å². The molecule has 1 aliphatic carbocycles. The monoisotopic (exact) mass is 447 g/mol. The van der Waals surface area contributed by atoms with Crippen molar-refractivity contribution < 1.29 is 27.8 Å². The summed E-state index contributed by atoms with van der Waals surface area (Å²) in [5, 5.41) is 12.4. The van der Waals surface area contributed by atoms with Gasteiger partial charge in [0.1, 0.15) is 18.4 Å². The topological polar surface area (TPSA) is 118 Å². The molecule has 166 valence electrons. The summed E-state index contributed by atoms with van der Waals surface area (Å²) in [6.45, 7) is 0.965. The number of rotatable bonds is 10. The van der Waals surface area contributed by atoms with E-state index in [4.69, 9.17) is 9.47 Å². The Bertz CT molecular complexity index is 1060. The van der Waals surface area contributed by atoms with Crippen molar-refractivity contribution in [2.45, 2.75) is 30.3 Å². The average Bonchev–Trinajstić information content (AvgIpc) is 3.47. The molecular weight excluding hydrogens is 422 g/mol. The van der Waals surface area contributed by atoms with Gasteiger partial charge in [-0.05, 0) is 42.5 Å². The summed E-state index contributed by atoms with van der Waals surface area (Å²) in [5.41, 5.74) is 1.59. The zero-order valence-electron chi connectivity index (χ0n) is 17.2. The number of aromatic nitrogens is 1. The molecule has 1 aromatic heterocycles. The number of carboxylic acid groups (broad SMARTS) is 1. The van der Waals surface area contributed by atoms with Crippen molar-refractivity contribution in [1.82, 2.24) is 4.98 Å².